The Morgan fingerprint density at radius 3 is 2.14 bits per heavy atom. The average Bonchev–Trinajstić information content (AvgIpc) is 2.97. The van der Waals surface area contributed by atoms with Crippen LogP contribution in [-0.4, -0.2) is 39.7 Å². The first-order chi connectivity index (χ1) is 20.5. The summed E-state index contributed by atoms with van der Waals surface area (Å²) in [6, 6.07) is 13.9. The van der Waals surface area contributed by atoms with Crippen LogP contribution in [0.25, 0.3) is 10.8 Å². The highest BCUT2D eigenvalue weighted by Gasteiger charge is 2.21. The van der Waals surface area contributed by atoms with Crippen LogP contribution in [0.4, 0.5) is 22.7 Å². The SMILES string of the molecule is O=C(O)c1cc(/N=N/c2ccc(SOOO)cc2)ccc1/N=N/c1c(SOOO)cc2cc(S(=O)(=O)O)c(Br)cc2c1O. The van der Waals surface area contributed by atoms with E-state index in [-0.39, 0.29) is 42.8 Å². The number of aromatic carboxylic acids is 1. The molecule has 0 heterocycles. The van der Waals surface area contributed by atoms with Gasteiger partial charge in [0.25, 0.3) is 10.1 Å². The van der Waals surface area contributed by atoms with Crippen LogP contribution >= 0.6 is 40.0 Å². The van der Waals surface area contributed by atoms with Crippen molar-refractivity contribution in [3.05, 3.63) is 70.7 Å². The zero-order valence-corrected chi connectivity index (χ0v) is 24.8. The van der Waals surface area contributed by atoms with Gasteiger partial charge in [-0.2, -0.15) is 18.6 Å². The zero-order valence-electron chi connectivity index (χ0n) is 20.8. The van der Waals surface area contributed by atoms with Crippen molar-refractivity contribution in [1.82, 2.24) is 0 Å². The van der Waals surface area contributed by atoms with E-state index in [0.29, 0.717) is 22.6 Å². The highest BCUT2D eigenvalue weighted by Crippen LogP contribution is 2.45. The Bertz CT molecular complexity index is 1840. The Morgan fingerprint density at radius 1 is 0.837 bits per heavy atom. The van der Waals surface area contributed by atoms with Crippen molar-refractivity contribution in [3.8, 4) is 5.75 Å². The van der Waals surface area contributed by atoms with Crippen molar-refractivity contribution in [2.75, 3.05) is 0 Å². The standard InChI is InChI=1S/C23H15BrN4O12S3/c24-17-10-15-11(8-20(17)43(34,35)36)7-19(42-40-38-33)21(22(15)29)28-27-18-6-3-13(9-16(18)23(30)31)26-25-12-1-4-14(5-2-12)41-39-37-32/h1-10,29,32-33H,(H,30,31)(H,34,35,36)/b26-25+,28-27+. The highest BCUT2D eigenvalue weighted by atomic mass is 79.9. The van der Waals surface area contributed by atoms with Crippen LogP contribution in [0.1, 0.15) is 10.4 Å². The minimum atomic E-state index is -4.63. The Labute approximate surface area is 257 Å². The second kappa shape index (κ2) is 14.3. The lowest BCUT2D eigenvalue weighted by atomic mass is 10.1. The van der Waals surface area contributed by atoms with Gasteiger partial charge in [0.2, 0.25) is 0 Å². The third-order valence-corrected chi connectivity index (χ3v) is 8.31. The van der Waals surface area contributed by atoms with E-state index in [9.17, 15) is 28.0 Å². The summed E-state index contributed by atoms with van der Waals surface area (Å²) in [7, 11) is -4.63. The lowest BCUT2D eigenvalue weighted by molar-refractivity contribution is -0.432. The molecule has 0 saturated carbocycles. The van der Waals surface area contributed by atoms with Crippen molar-refractivity contribution in [1.29, 1.82) is 0 Å². The minimum Gasteiger partial charge on any atom is -0.505 e. The van der Waals surface area contributed by atoms with Gasteiger partial charge in [0, 0.05) is 14.8 Å². The van der Waals surface area contributed by atoms with Gasteiger partial charge in [-0.3, -0.25) is 4.55 Å². The summed E-state index contributed by atoms with van der Waals surface area (Å²) in [6.45, 7) is 0. The Morgan fingerprint density at radius 2 is 1.49 bits per heavy atom. The number of azo groups is 2. The first kappa shape index (κ1) is 32.4. The summed E-state index contributed by atoms with van der Waals surface area (Å²) >= 11 is 4.16. The Balaban J connectivity index is 1.69. The van der Waals surface area contributed by atoms with E-state index in [2.05, 4.69) is 55.1 Å². The molecule has 4 rings (SSSR count). The molecule has 0 unspecified atom stereocenters. The number of aromatic hydroxyl groups is 1. The van der Waals surface area contributed by atoms with Gasteiger partial charge in [-0.1, -0.05) is 10.1 Å². The third-order valence-electron chi connectivity index (χ3n) is 5.28. The van der Waals surface area contributed by atoms with Crippen molar-refractivity contribution < 1.29 is 57.2 Å². The molecular formula is C23H15BrN4O12S3. The van der Waals surface area contributed by atoms with Crippen LogP contribution < -0.4 is 0 Å². The Hall–Kier alpha value is -3.54. The fraction of sp³-hybridized carbons (Fsp3) is 0. The van der Waals surface area contributed by atoms with Gasteiger partial charge in [-0.05, 0) is 82.0 Å². The van der Waals surface area contributed by atoms with Crippen LogP contribution in [0, 0.1) is 0 Å². The van der Waals surface area contributed by atoms with Crippen LogP contribution in [0.5, 0.6) is 5.75 Å². The summed E-state index contributed by atoms with van der Waals surface area (Å²) in [6.07, 6.45) is 0. The van der Waals surface area contributed by atoms with E-state index in [1.165, 1.54) is 30.3 Å². The van der Waals surface area contributed by atoms with Crippen LogP contribution in [0.15, 0.2) is 100 Å². The number of carboxylic acid groups (broad SMARTS) is 1. The molecule has 0 aliphatic rings. The second-order valence-electron chi connectivity index (χ2n) is 7.90. The number of carboxylic acids is 1. The molecule has 0 aromatic heterocycles. The molecule has 43 heavy (non-hydrogen) atoms. The van der Waals surface area contributed by atoms with Gasteiger partial charge in [0.05, 0.1) is 45.9 Å². The highest BCUT2D eigenvalue weighted by molar-refractivity contribution is 9.10. The van der Waals surface area contributed by atoms with E-state index in [1.807, 2.05) is 0 Å². The third kappa shape index (κ3) is 8.10. The molecule has 0 radical (unpaired) electrons. The molecule has 5 N–H and O–H groups in total. The van der Waals surface area contributed by atoms with Crippen molar-refractivity contribution in [2.24, 2.45) is 20.5 Å². The maximum Gasteiger partial charge on any atom is 0.338 e. The number of halogens is 1. The molecule has 20 heteroatoms. The topological polar surface area (TPSA) is 239 Å². The minimum absolute atomic E-state index is 0.0337. The van der Waals surface area contributed by atoms with Crippen molar-refractivity contribution in [2.45, 2.75) is 14.7 Å². The zero-order chi connectivity index (χ0) is 31.1. The molecule has 0 aliphatic carbocycles. The summed E-state index contributed by atoms with van der Waals surface area (Å²) in [5, 5.41) is 60.8. The number of phenols is 1. The predicted octanol–water partition coefficient (Wildman–Crippen LogP) is 7.94. The van der Waals surface area contributed by atoms with Gasteiger partial charge in [0.1, 0.15) is 16.3 Å². The van der Waals surface area contributed by atoms with E-state index in [0.717, 1.165) is 18.1 Å². The van der Waals surface area contributed by atoms with Gasteiger partial charge in [0.15, 0.2) is 5.75 Å². The Kier molecular flexibility index (Phi) is 10.8. The summed E-state index contributed by atoms with van der Waals surface area (Å²) in [5.74, 6) is -1.88. The lowest BCUT2D eigenvalue weighted by Crippen LogP contribution is -1.99. The number of hydrogen-bond donors (Lipinski definition) is 5. The normalized spacial score (nSPS) is 12.1. The fourth-order valence-electron chi connectivity index (χ4n) is 3.44. The number of carbonyl (C=O) groups is 1. The lowest BCUT2D eigenvalue weighted by Gasteiger charge is -2.11. The number of nitrogens with zero attached hydrogens (tertiary/aromatic N) is 4. The monoisotopic (exact) mass is 714 g/mol. The molecule has 16 nitrogen and oxygen atoms in total. The number of benzene rings is 4. The first-order valence-electron chi connectivity index (χ1n) is 11.1. The largest absolute Gasteiger partial charge is 0.505 e. The van der Waals surface area contributed by atoms with Gasteiger partial charge < -0.3 is 10.2 Å². The summed E-state index contributed by atoms with van der Waals surface area (Å²) in [4.78, 5) is 12.1. The molecule has 0 spiro atoms. The quantitative estimate of drug-likeness (QED) is 0.0308. The average molecular weight is 715 g/mol. The van der Waals surface area contributed by atoms with Crippen LogP contribution in [-0.2, 0) is 28.9 Å². The number of rotatable bonds is 12. The molecule has 0 bridgehead atoms. The molecule has 0 amide bonds. The number of fused-ring (bicyclic) bond motifs is 1. The predicted molar refractivity (Wildman–Crippen MR) is 153 cm³/mol. The number of hydrogen-bond acceptors (Lipinski definition) is 16. The smallest absolute Gasteiger partial charge is 0.338 e. The molecule has 0 saturated heterocycles. The fourth-order valence-corrected chi connectivity index (χ4v) is 5.83. The number of phenolic OH excluding ortho intramolecular Hbond substituents is 1. The van der Waals surface area contributed by atoms with Crippen LogP contribution in [0.2, 0.25) is 0 Å². The van der Waals surface area contributed by atoms with E-state index in [4.69, 9.17) is 10.5 Å². The second-order valence-corrected chi connectivity index (χ2v) is 11.7. The summed E-state index contributed by atoms with van der Waals surface area (Å²) < 4.78 is 41.6. The summed E-state index contributed by atoms with van der Waals surface area (Å²) in [5.41, 5.74) is -0.0888. The van der Waals surface area contributed by atoms with Gasteiger partial charge in [-0.25, -0.2) is 15.3 Å². The van der Waals surface area contributed by atoms with E-state index < -0.39 is 26.7 Å². The van der Waals surface area contributed by atoms with E-state index in [1.54, 1.807) is 24.3 Å². The van der Waals surface area contributed by atoms with E-state index >= 15 is 0 Å². The molecule has 0 fully saturated rings. The van der Waals surface area contributed by atoms with Crippen molar-refractivity contribution in [3.63, 3.8) is 0 Å². The van der Waals surface area contributed by atoms with Crippen LogP contribution in [0.3, 0.4) is 0 Å². The molecule has 4 aromatic rings. The molecule has 0 atom stereocenters. The van der Waals surface area contributed by atoms with Gasteiger partial charge >= 0.3 is 5.97 Å². The molecule has 4 aromatic carbocycles. The maximum absolute atomic E-state index is 12.0. The van der Waals surface area contributed by atoms with Crippen molar-refractivity contribution >= 4 is 89.6 Å². The molecule has 224 valence electrons. The molecule has 0 aliphatic heterocycles. The first-order valence-corrected chi connectivity index (χ1v) is 14.8. The molecular weight excluding hydrogens is 700 g/mol. The van der Waals surface area contributed by atoms with Gasteiger partial charge in [-0.15, -0.1) is 18.9 Å². The maximum atomic E-state index is 12.0.